The first kappa shape index (κ1) is 17.1. The summed E-state index contributed by atoms with van der Waals surface area (Å²) in [7, 11) is 1.51. The number of Topliss-reactive ketones (excluding diaryl/α,β-unsaturated/α-hetero) is 1. The van der Waals surface area contributed by atoms with Gasteiger partial charge < -0.3 is 4.74 Å². The molecule has 0 amide bonds. The standard InChI is InChI=1S/C20H12FN3O2/c1-23-18(11-22)20(25)13-6-7-15-17(9-13)24-16(10-19(15)26-2)12-4-3-5-14(21)8-12/h3-10,18H,2H3. The van der Waals surface area contributed by atoms with Crippen LogP contribution in [0.15, 0.2) is 48.5 Å². The van der Waals surface area contributed by atoms with Gasteiger partial charge in [0.1, 0.15) is 11.6 Å². The molecule has 6 heteroatoms. The minimum absolute atomic E-state index is 0.214. The molecule has 1 unspecified atom stereocenters. The molecule has 0 bridgehead atoms. The average Bonchev–Trinajstić information content (AvgIpc) is 2.67. The molecule has 0 spiro atoms. The van der Waals surface area contributed by atoms with Crippen LogP contribution >= 0.6 is 0 Å². The van der Waals surface area contributed by atoms with Gasteiger partial charge in [-0.3, -0.25) is 9.64 Å². The fourth-order valence-corrected chi connectivity index (χ4v) is 2.62. The quantitative estimate of drug-likeness (QED) is 0.529. The van der Waals surface area contributed by atoms with Crippen molar-refractivity contribution in [1.82, 2.24) is 4.98 Å². The van der Waals surface area contributed by atoms with Gasteiger partial charge in [0.2, 0.25) is 0 Å². The zero-order chi connectivity index (χ0) is 18.7. The lowest BCUT2D eigenvalue weighted by Crippen LogP contribution is -2.14. The molecule has 0 radical (unpaired) electrons. The number of carbonyl (C=O) groups is 1. The number of hydrogen-bond donors (Lipinski definition) is 0. The van der Waals surface area contributed by atoms with E-state index in [0.717, 1.165) is 0 Å². The van der Waals surface area contributed by atoms with Gasteiger partial charge in [-0.15, -0.1) is 0 Å². The summed E-state index contributed by atoms with van der Waals surface area (Å²) < 4.78 is 18.9. The third kappa shape index (κ3) is 3.09. The normalized spacial score (nSPS) is 11.4. The van der Waals surface area contributed by atoms with Gasteiger partial charge in [-0.1, -0.05) is 18.2 Å². The number of rotatable bonds is 4. The lowest BCUT2D eigenvalue weighted by molar-refractivity contribution is 0.0991. The fraction of sp³-hybridized carbons (Fsp3) is 0.100. The molecule has 0 N–H and O–H groups in total. The van der Waals surface area contributed by atoms with Gasteiger partial charge in [0.05, 0.1) is 18.3 Å². The molecular formula is C20H12FN3O2. The maximum atomic E-state index is 13.5. The van der Waals surface area contributed by atoms with E-state index in [1.165, 1.54) is 31.4 Å². The fourth-order valence-electron chi connectivity index (χ4n) is 2.62. The van der Waals surface area contributed by atoms with E-state index >= 15 is 0 Å². The molecule has 126 valence electrons. The lowest BCUT2D eigenvalue weighted by atomic mass is 10.0. The maximum Gasteiger partial charge on any atom is 0.368 e. The van der Waals surface area contributed by atoms with Crippen LogP contribution in [0.1, 0.15) is 10.4 Å². The number of carbonyl (C=O) groups excluding carboxylic acids is 1. The number of benzene rings is 2. The Labute approximate surface area is 149 Å². The van der Waals surface area contributed by atoms with Crippen molar-refractivity contribution in [1.29, 1.82) is 5.26 Å². The molecule has 2 aromatic carbocycles. The van der Waals surface area contributed by atoms with Crippen LogP contribution in [-0.4, -0.2) is 23.9 Å². The zero-order valence-electron chi connectivity index (χ0n) is 13.7. The van der Waals surface area contributed by atoms with Crippen molar-refractivity contribution < 1.29 is 13.9 Å². The summed E-state index contributed by atoms with van der Waals surface area (Å²) in [6.07, 6.45) is 0. The summed E-state index contributed by atoms with van der Waals surface area (Å²) in [6.45, 7) is 6.94. The van der Waals surface area contributed by atoms with Crippen molar-refractivity contribution in [2.75, 3.05) is 7.11 Å². The number of halogens is 1. The zero-order valence-corrected chi connectivity index (χ0v) is 13.7. The molecule has 1 atom stereocenters. The summed E-state index contributed by atoms with van der Waals surface area (Å²) in [5.74, 6) is -0.446. The van der Waals surface area contributed by atoms with E-state index in [1.54, 1.807) is 30.3 Å². The van der Waals surface area contributed by atoms with Crippen LogP contribution in [0.25, 0.3) is 27.0 Å². The SMILES string of the molecule is [C-]#[N+]C(C#N)C(=O)c1ccc2c(OC)cc(-c3cccc(F)c3)nc2c1. The Morgan fingerprint density at radius 3 is 2.77 bits per heavy atom. The number of fused-ring (bicyclic) bond motifs is 1. The van der Waals surface area contributed by atoms with Gasteiger partial charge in [0.25, 0.3) is 5.78 Å². The van der Waals surface area contributed by atoms with E-state index in [1.807, 2.05) is 0 Å². The molecule has 5 nitrogen and oxygen atoms in total. The lowest BCUT2D eigenvalue weighted by Gasteiger charge is -2.10. The van der Waals surface area contributed by atoms with Gasteiger partial charge in [-0.05, 0) is 24.3 Å². The number of ether oxygens (including phenoxy) is 1. The van der Waals surface area contributed by atoms with Crippen molar-refractivity contribution in [3.05, 3.63) is 71.3 Å². The Morgan fingerprint density at radius 1 is 1.31 bits per heavy atom. The Balaban J connectivity index is 2.18. The molecular weight excluding hydrogens is 333 g/mol. The largest absolute Gasteiger partial charge is 0.496 e. The van der Waals surface area contributed by atoms with Crippen molar-refractivity contribution in [2.24, 2.45) is 0 Å². The smallest absolute Gasteiger partial charge is 0.368 e. The number of methoxy groups -OCH3 is 1. The van der Waals surface area contributed by atoms with Crippen LogP contribution in [0.3, 0.4) is 0 Å². The first-order valence-corrected chi connectivity index (χ1v) is 7.62. The third-order valence-corrected chi connectivity index (χ3v) is 3.90. The molecule has 0 aliphatic rings. The number of nitrogens with zero attached hydrogens (tertiary/aromatic N) is 3. The van der Waals surface area contributed by atoms with Gasteiger partial charge in [-0.25, -0.2) is 15.9 Å². The van der Waals surface area contributed by atoms with E-state index in [2.05, 4.69) is 9.83 Å². The third-order valence-electron chi connectivity index (χ3n) is 3.90. The highest BCUT2D eigenvalue weighted by molar-refractivity contribution is 6.05. The summed E-state index contributed by atoms with van der Waals surface area (Å²) in [5.41, 5.74) is 1.72. The minimum Gasteiger partial charge on any atom is -0.496 e. The van der Waals surface area contributed by atoms with E-state index in [0.29, 0.717) is 27.9 Å². The van der Waals surface area contributed by atoms with Crippen molar-refractivity contribution in [3.63, 3.8) is 0 Å². The maximum absolute atomic E-state index is 13.5. The van der Waals surface area contributed by atoms with Crippen LogP contribution in [-0.2, 0) is 0 Å². The van der Waals surface area contributed by atoms with E-state index in [9.17, 15) is 9.18 Å². The number of aromatic nitrogens is 1. The molecule has 0 aliphatic carbocycles. The number of nitriles is 1. The number of hydrogen-bond acceptors (Lipinski definition) is 4. The van der Waals surface area contributed by atoms with Gasteiger partial charge in [-0.2, -0.15) is 5.26 Å². The van der Waals surface area contributed by atoms with Crippen LogP contribution in [0, 0.1) is 23.7 Å². The molecule has 0 saturated heterocycles. The predicted octanol–water partition coefficient (Wildman–Crippen LogP) is 4.04. The Morgan fingerprint density at radius 2 is 2.12 bits per heavy atom. The first-order chi connectivity index (χ1) is 12.6. The molecule has 26 heavy (non-hydrogen) atoms. The van der Waals surface area contributed by atoms with Crippen LogP contribution in [0.5, 0.6) is 5.75 Å². The molecule has 0 fully saturated rings. The molecule has 3 aromatic rings. The second-order valence-electron chi connectivity index (χ2n) is 5.48. The summed E-state index contributed by atoms with van der Waals surface area (Å²) in [5, 5.41) is 9.58. The molecule has 1 heterocycles. The van der Waals surface area contributed by atoms with Gasteiger partial charge in [0.15, 0.2) is 6.07 Å². The highest BCUT2D eigenvalue weighted by atomic mass is 19.1. The van der Waals surface area contributed by atoms with E-state index in [-0.39, 0.29) is 11.4 Å². The second kappa shape index (κ2) is 7.00. The van der Waals surface area contributed by atoms with Gasteiger partial charge in [0, 0.05) is 22.6 Å². The molecule has 1 aromatic heterocycles. The Bertz CT molecular complexity index is 1080. The van der Waals surface area contributed by atoms with Crippen LogP contribution in [0.4, 0.5) is 4.39 Å². The predicted molar refractivity (Wildman–Crippen MR) is 94.0 cm³/mol. The van der Waals surface area contributed by atoms with E-state index in [4.69, 9.17) is 16.6 Å². The summed E-state index contributed by atoms with van der Waals surface area (Å²) >= 11 is 0. The van der Waals surface area contributed by atoms with Crippen LogP contribution in [0.2, 0.25) is 0 Å². The summed E-state index contributed by atoms with van der Waals surface area (Å²) in [6, 6.07) is 12.7. The van der Waals surface area contributed by atoms with Crippen molar-refractivity contribution >= 4 is 16.7 Å². The number of ketones is 1. The second-order valence-corrected chi connectivity index (χ2v) is 5.48. The highest BCUT2D eigenvalue weighted by Crippen LogP contribution is 2.31. The number of pyridine rings is 1. The molecule has 3 rings (SSSR count). The average molecular weight is 345 g/mol. The van der Waals surface area contributed by atoms with Crippen molar-refractivity contribution in [3.8, 4) is 23.1 Å². The Kier molecular flexibility index (Phi) is 4.59. The monoisotopic (exact) mass is 345 g/mol. The van der Waals surface area contributed by atoms with E-state index < -0.39 is 11.8 Å². The molecule has 0 saturated carbocycles. The van der Waals surface area contributed by atoms with Crippen LogP contribution < -0.4 is 4.74 Å². The first-order valence-electron chi connectivity index (χ1n) is 7.62. The highest BCUT2D eigenvalue weighted by Gasteiger charge is 2.24. The topological polar surface area (TPSA) is 67.3 Å². The summed E-state index contributed by atoms with van der Waals surface area (Å²) in [4.78, 5) is 19.8. The van der Waals surface area contributed by atoms with Crippen molar-refractivity contribution in [2.45, 2.75) is 6.04 Å². The Hall–Kier alpha value is -3.77. The van der Waals surface area contributed by atoms with Gasteiger partial charge >= 0.3 is 6.04 Å². The molecule has 0 aliphatic heterocycles. The minimum atomic E-state index is -1.39.